The Hall–Kier alpha value is -4.11. The Balaban J connectivity index is 1.73. The summed E-state index contributed by atoms with van der Waals surface area (Å²) >= 11 is 12.4. The fourth-order valence-electron chi connectivity index (χ4n) is 3.80. The molecule has 4 aromatic rings. The molecule has 2 N–H and O–H groups in total. The molecule has 17 heteroatoms. The highest BCUT2D eigenvalue weighted by Crippen LogP contribution is 2.42. The number of carbonyl (C=O) groups excluding carboxylic acids is 2. The summed E-state index contributed by atoms with van der Waals surface area (Å²) in [6.45, 7) is 4.70. The van der Waals surface area contributed by atoms with Crippen LogP contribution in [0.3, 0.4) is 0 Å². The molecule has 0 unspecified atom stereocenters. The minimum Gasteiger partial charge on any atom is -0.350 e. The van der Waals surface area contributed by atoms with E-state index in [0.717, 1.165) is 4.68 Å². The van der Waals surface area contributed by atoms with E-state index in [1.807, 2.05) is 0 Å². The van der Waals surface area contributed by atoms with E-state index in [1.54, 1.807) is 26.8 Å². The van der Waals surface area contributed by atoms with Crippen LogP contribution in [0, 0.1) is 6.92 Å². The van der Waals surface area contributed by atoms with E-state index < -0.39 is 36.2 Å². The molecule has 0 radical (unpaired) electrons. The number of amides is 2. The van der Waals surface area contributed by atoms with Crippen LogP contribution in [0.25, 0.3) is 5.82 Å². The van der Waals surface area contributed by atoms with Gasteiger partial charge in [-0.25, -0.2) is 14.3 Å². The molecule has 0 aliphatic rings. The second-order valence-corrected chi connectivity index (χ2v) is 10.2. The van der Waals surface area contributed by atoms with Crippen molar-refractivity contribution in [2.75, 3.05) is 5.32 Å². The van der Waals surface area contributed by atoms with Gasteiger partial charge in [0.25, 0.3) is 11.8 Å². The Morgan fingerprint density at radius 2 is 1.79 bits per heavy atom. The Kier molecular flexibility index (Phi) is 8.55. The summed E-state index contributed by atoms with van der Waals surface area (Å²) < 4.78 is 67.5. The molecular formula is C25H21Cl2F5N8O2. The fourth-order valence-corrected chi connectivity index (χ4v) is 4.27. The van der Waals surface area contributed by atoms with Gasteiger partial charge in [-0.15, -0.1) is 5.10 Å². The zero-order chi connectivity index (χ0) is 31.0. The molecule has 0 saturated carbocycles. The van der Waals surface area contributed by atoms with Crippen LogP contribution in [0.4, 0.5) is 27.6 Å². The lowest BCUT2D eigenvalue weighted by molar-refractivity contribution is -0.291. The SMILES string of the molecule is Cc1cc(Cl)cc(C(=O)NC(C)C)c1NC(=O)c1cc(Cn2cc(C(F)(F)C(F)(F)F)nn2)nn1-c1ncccc1Cl. The summed E-state index contributed by atoms with van der Waals surface area (Å²) in [5.41, 5.74) is -1.04. The molecule has 0 atom stereocenters. The fraction of sp³-hybridized carbons (Fsp3) is 0.280. The first-order valence-electron chi connectivity index (χ1n) is 12.1. The predicted molar refractivity (Wildman–Crippen MR) is 142 cm³/mol. The van der Waals surface area contributed by atoms with Gasteiger partial charge in [-0.05, 0) is 56.7 Å². The molecule has 0 spiro atoms. The number of rotatable bonds is 8. The van der Waals surface area contributed by atoms with E-state index in [-0.39, 0.29) is 44.5 Å². The van der Waals surface area contributed by atoms with Crippen molar-refractivity contribution in [3.63, 3.8) is 0 Å². The van der Waals surface area contributed by atoms with E-state index in [4.69, 9.17) is 23.2 Å². The van der Waals surface area contributed by atoms with E-state index in [0.29, 0.717) is 16.4 Å². The number of nitrogens with zero attached hydrogens (tertiary/aromatic N) is 6. The number of aromatic nitrogens is 6. The summed E-state index contributed by atoms with van der Waals surface area (Å²) in [6, 6.07) is 6.96. The third kappa shape index (κ3) is 6.36. The lowest BCUT2D eigenvalue weighted by atomic mass is 10.1. The van der Waals surface area contributed by atoms with Gasteiger partial charge in [0.15, 0.2) is 11.5 Å². The molecule has 1 aromatic carbocycles. The van der Waals surface area contributed by atoms with Crippen LogP contribution in [-0.4, -0.2) is 53.8 Å². The monoisotopic (exact) mass is 630 g/mol. The number of pyridine rings is 1. The highest BCUT2D eigenvalue weighted by Gasteiger charge is 2.60. The highest BCUT2D eigenvalue weighted by atomic mass is 35.5. The number of hydrogen-bond acceptors (Lipinski definition) is 6. The number of anilines is 1. The molecule has 0 fully saturated rings. The first-order valence-corrected chi connectivity index (χ1v) is 12.8. The molecule has 3 aromatic heterocycles. The van der Waals surface area contributed by atoms with Crippen molar-refractivity contribution in [1.29, 1.82) is 0 Å². The predicted octanol–water partition coefficient (Wildman–Crippen LogP) is 5.57. The average molecular weight is 631 g/mol. The first-order chi connectivity index (χ1) is 19.6. The summed E-state index contributed by atoms with van der Waals surface area (Å²) in [4.78, 5) is 30.6. The van der Waals surface area contributed by atoms with Gasteiger partial charge in [0.05, 0.1) is 34.7 Å². The summed E-state index contributed by atoms with van der Waals surface area (Å²) in [7, 11) is 0. The smallest absolute Gasteiger partial charge is 0.350 e. The van der Waals surface area contributed by atoms with Crippen LogP contribution in [0.1, 0.15) is 51.6 Å². The van der Waals surface area contributed by atoms with Gasteiger partial charge in [-0.2, -0.15) is 27.1 Å². The number of aryl methyl sites for hydroxylation is 1. The molecule has 222 valence electrons. The maximum absolute atomic E-state index is 13.7. The van der Waals surface area contributed by atoms with E-state index >= 15 is 0 Å². The van der Waals surface area contributed by atoms with Crippen molar-refractivity contribution in [1.82, 2.24) is 35.1 Å². The average Bonchev–Trinajstić information content (AvgIpc) is 3.52. The van der Waals surface area contributed by atoms with Crippen LogP contribution < -0.4 is 10.6 Å². The third-order valence-electron chi connectivity index (χ3n) is 5.68. The summed E-state index contributed by atoms with van der Waals surface area (Å²) in [5.74, 6) is -6.48. The Morgan fingerprint density at radius 1 is 1.07 bits per heavy atom. The third-order valence-corrected chi connectivity index (χ3v) is 6.19. The largest absolute Gasteiger partial charge is 0.459 e. The summed E-state index contributed by atoms with van der Waals surface area (Å²) in [5, 5.41) is 16.3. The molecule has 10 nitrogen and oxygen atoms in total. The molecule has 4 rings (SSSR count). The molecule has 3 heterocycles. The number of carbonyl (C=O) groups is 2. The van der Waals surface area contributed by atoms with Crippen molar-refractivity contribution >= 4 is 40.7 Å². The van der Waals surface area contributed by atoms with Gasteiger partial charge >= 0.3 is 12.1 Å². The first kappa shape index (κ1) is 30.8. The topological polar surface area (TPSA) is 120 Å². The molecule has 0 aliphatic heterocycles. The number of alkyl halides is 5. The zero-order valence-corrected chi connectivity index (χ0v) is 23.5. The van der Waals surface area contributed by atoms with Crippen molar-refractivity contribution in [2.45, 2.75) is 45.5 Å². The normalized spacial score (nSPS) is 12.1. The van der Waals surface area contributed by atoms with Gasteiger partial charge in [0, 0.05) is 17.3 Å². The minimum atomic E-state index is -5.87. The van der Waals surface area contributed by atoms with E-state index in [1.165, 1.54) is 30.5 Å². The van der Waals surface area contributed by atoms with Crippen LogP contribution in [-0.2, 0) is 12.5 Å². The Bertz CT molecular complexity index is 1650. The highest BCUT2D eigenvalue weighted by molar-refractivity contribution is 6.32. The van der Waals surface area contributed by atoms with Crippen LogP contribution >= 0.6 is 23.2 Å². The maximum Gasteiger partial charge on any atom is 0.459 e. The van der Waals surface area contributed by atoms with Gasteiger partial charge in [0.2, 0.25) is 0 Å². The van der Waals surface area contributed by atoms with Gasteiger partial charge in [0.1, 0.15) is 5.69 Å². The molecule has 2 amide bonds. The number of hydrogen-bond donors (Lipinski definition) is 2. The van der Waals surface area contributed by atoms with E-state index in [2.05, 4.69) is 31.0 Å². The second-order valence-electron chi connectivity index (χ2n) is 9.34. The lowest BCUT2D eigenvalue weighted by Crippen LogP contribution is -2.34. The van der Waals surface area contributed by atoms with Crippen LogP contribution in [0.5, 0.6) is 0 Å². The van der Waals surface area contributed by atoms with E-state index in [9.17, 15) is 31.5 Å². The van der Waals surface area contributed by atoms with Crippen LogP contribution in [0.2, 0.25) is 10.0 Å². The standard InChI is InChI=1S/C25H21Cl2F5N8O2/c1-12(2)34-22(41)16-8-14(26)7-13(3)20(16)35-23(42)18-9-15(37-40(18)21-17(27)5-4-6-33-21)10-39-11-19(36-38-39)24(28,29)25(30,31)32/h4-9,11-12H,10H2,1-3H3,(H,34,41)(H,35,42). The van der Waals surface area contributed by atoms with Crippen LogP contribution in [0.15, 0.2) is 42.7 Å². The second kappa shape index (κ2) is 11.6. The van der Waals surface area contributed by atoms with Crippen molar-refractivity contribution in [3.8, 4) is 5.82 Å². The van der Waals surface area contributed by atoms with Crippen molar-refractivity contribution < 1.29 is 31.5 Å². The number of nitrogens with one attached hydrogen (secondary N) is 2. The van der Waals surface area contributed by atoms with Crippen molar-refractivity contribution in [3.05, 3.63) is 81.0 Å². The maximum atomic E-state index is 13.7. The van der Waals surface area contributed by atoms with Crippen molar-refractivity contribution in [2.24, 2.45) is 0 Å². The van der Waals surface area contributed by atoms with Gasteiger partial charge in [-0.1, -0.05) is 28.4 Å². The minimum absolute atomic E-state index is 0.0132. The number of halogens is 7. The lowest BCUT2D eigenvalue weighted by Gasteiger charge is -2.16. The van der Waals surface area contributed by atoms with Gasteiger partial charge in [-0.3, -0.25) is 9.59 Å². The Morgan fingerprint density at radius 3 is 2.43 bits per heavy atom. The summed E-state index contributed by atoms with van der Waals surface area (Å²) in [6.07, 6.45) is -4.07. The molecule has 0 aliphatic carbocycles. The molecular weight excluding hydrogens is 610 g/mol. The quantitative estimate of drug-likeness (QED) is 0.246. The Labute approximate surface area is 244 Å². The molecule has 0 saturated heterocycles. The molecule has 42 heavy (non-hydrogen) atoms. The number of benzene rings is 1. The van der Waals surface area contributed by atoms with Gasteiger partial charge < -0.3 is 10.6 Å². The zero-order valence-electron chi connectivity index (χ0n) is 22.0. The molecule has 0 bridgehead atoms.